The van der Waals surface area contributed by atoms with Crippen molar-refractivity contribution in [3.63, 3.8) is 0 Å². The third kappa shape index (κ3) is 1.66. The number of halogens is 2. The van der Waals surface area contributed by atoms with Crippen molar-refractivity contribution >= 4 is 44.3 Å². The van der Waals surface area contributed by atoms with Gasteiger partial charge in [-0.3, -0.25) is 4.40 Å². The predicted molar refractivity (Wildman–Crippen MR) is 77.3 cm³/mol. The van der Waals surface area contributed by atoms with Gasteiger partial charge in [0.2, 0.25) is 5.78 Å². The highest BCUT2D eigenvalue weighted by molar-refractivity contribution is 9.10. The van der Waals surface area contributed by atoms with Crippen LogP contribution in [0.4, 0.5) is 0 Å². The van der Waals surface area contributed by atoms with Crippen LogP contribution >= 0.6 is 27.5 Å². The van der Waals surface area contributed by atoms with Crippen molar-refractivity contribution in [3.8, 4) is 0 Å². The first-order chi connectivity index (χ1) is 8.61. The molecule has 94 valence electrons. The summed E-state index contributed by atoms with van der Waals surface area (Å²) in [7, 11) is 1.91. The molecule has 3 aromatic rings. The molecule has 2 N–H and O–H groups in total. The molecule has 4 nitrogen and oxygen atoms in total. The number of benzene rings is 1. The van der Waals surface area contributed by atoms with E-state index in [4.69, 9.17) is 11.6 Å². The molecule has 0 spiro atoms. The van der Waals surface area contributed by atoms with Gasteiger partial charge in [0.15, 0.2) is 0 Å². The molecular weight excluding hydrogens is 316 g/mol. The van der Waals surface area contributed by atoms with Gasteiger partial charge in [-0.15, -0.1) is 0 Å². The highest BCUT2D eigenvalue weighted by Gasteiger charge is 2.15. The average Bonchev–Trinajstić information content (AvgIpc) is 2.79. The van der Waals surface area contributed by atoms with E-state index in [1.54, 1.807) is 0 Å². The summed E-state index contributed by atoms with van der Waals surface area (Å²) in [6.45, 7) is 2.78. The molecule has 0 saturated carbocycles. The maximum absolute atomic E-state index is 6.23. The lowest BCUT2D eigenvalue weighted by atomic mass is 10.2. The highest BCUT2D eigenvalue weighted by Crippen LogP contribution is 2.29. The first kappa shape index (κ1) is 12.0. The van der Waals surface area contributed by atoms with Gasteiger partial charge in [-0.1, -0.05) is 11.6 Å². The van der Waals surface area contributed by atoms with Crippen molar-refractivity contribution in [3.05, 3.63) is 33.0 Å². The molecule has 2 heterocycles. The van der Waals surface area contributed by atoms with Crippen molar-refractivity contribution in [2.24, 2.45) is 0 Å². The second-order valence-corrected chi connectivity index (χ2v) is 5.47. The Morgan fingerprint density at radius 3 is 3.00 bits per heavy atom. The number of imidazole rings is 2. The van der Waals surface area contributed by atoms with E-state index < -0.39 is 0 Å². The molecule has 0 aliphatic rings. The predicted octanol–water partition coefficient (Wildman–Crippen LogP) is 3.26. The normalized spacial score (nSPS) is 11.8. The second-order valence-electron chi connectivity index (χ2n) is 4.31. The molecule has 3 rings (SSSR count). The molecule has 0 unspecified atom stereocenters. The Kier molecular flexibility index (Phi) is 2.84. The Labute approximate surface area is 117 Å². The van der Waals surface area contributed by atoms with Crippen LogP contribution in [0.15, 0.2) is 16.7 Å². The van der Waals surface area contributed by atoms with Gasteiger partial charge in [0, 0.05) is 6.54 Å². The van der Waals surface area contributed by atoms with Crippen molar-refractivity contribution < 1.29 is 0 Å². The molecule has 0 radical (unpaired) electrons. The Hall–Kier alpha value is -1.04. The molecule has 0 amide bonds. The van der Waals surface area contributed by atoms with Crippen LogP contribution in [-0.4, -0.2) is 21.4 Å². The van der Waals surface area contributed by atoms with Crippen LogP contribution in [0, 0.1) is 6.92 Å². The molecule has 18 heavy (non-hydrogen) atoms. The number of aromatic amines is 1. The Balaban J connectivity index is 2.40. The highest BCUT2D eigenvalue weighted by atomic mass is 79.9. The number of hydrogen-bond acceptors (Lipinski definition) is 2. The van der Waals surface area contributed by atoms with Crippen LogP contribution in [0.25, 0.3) is 16.8 Å². The van der Waals surface area contributed by atoms with Gasteiger partial charge in [-0.25, -0.2) is 4.98 Å². The van der Waals surface area contributed by atoms with Crippen LogP contribution < -0.4 is 5.32 Å². The fourth-order valence-corrected chi connectivity index (χ4v) is 3.07. The van der Waals surface area contributed by atoms with Crippen LogP contribution in [-0.2, 0) is 6.54 Å². The maximum atomic E-state index is 6.23. The molecule has 0 bridgehead atoms. The van der Waals surface area contributed by atoms with Gasteiger partial charge >= 0.3 is 0 Å². The van der Waals surface area contributed by atoms with E-state index in [9.17, 15) is 0 Å². The standard InChI is InChI=1S/C12H12BrClN4/c1-6-3-7(14)10-9(4-6)18-11(13)8(5-15-2)16-12(18)17-10/h3-4,15H,5H2,1-2H3,(H,16,17). The molecule has 6 heteroatoms. The fraction of sp³-hybridized carbons (Fsp3) is 0.250. The van der Waals surface area contributed by atoms with Gasteiger partial charge in [-0.05, 0) is 47.6 Å². The lowest BCUT2D eigenvalue weighted by Crippen LogP contribution is -2.05. The summed E-state index contributed by atoms with van der Waals surface area (Å²) in [5.41, 5.74) is 4.03. The molecule has 0 atom stereocenters. The van der Waals surface area contributed by atoms with Gasteiger partial charge in [0.25, 0.3) is 0 Å². The number of hydrogen-bond donors (Lipinski definition) is 2. The molecule has 1 aromatic carbocycles. The molecule has 0 fully saturated rings. The second kappa shape index (κ2) is 4.26. The number of aryl methyl sites for hydroxylation is 1. The number of fused-ring (bicyclic) bond motifs is 3. The zero-order chi connectivity index (χ0) is 12.9. The minimum atomic E-state index is 0.684. The van der Waals surface area contributed by atoms with Crippen LogP contribution in [0.1, 0.15) is 11.3 Å². The van der Waals surface area contributed by atoms with Crippen molar-refractivity contribution in [1.29, 1.82) is 0 Å². The summed E-state index contributed by atoms with van der Waals surface area (Å²) >= 11 is 9.84. The number of rotatable bonds is 2. The average molecular weight is 328 g/mol. The quantitative estimate of drug-likeness (QED) is 0.759. The minimum absolute atomic E-state index is 0.684. The number of nitrogens with zero attached hydrogens (tertiary/aromatic N) is 2. The lowest BCUT2D eigenvalue weighted by Gasteiger charge is -2.00. The van der Waals surface area contributed by atoms with Gasteiger partial charge < -0.3 is 10.3 Å². The summed E-state index contributed by atoms with van der Waals surface area (Å²) < 4.78 is 3.02. The zero-order valence-corrected chi connectivity index (χ0v) is 12.4. The van der Waals surface area contributed by atoms with Crippen molar-refractivity contribution in [1.82, 2.24) is 19.7 Å². The number of nitrogens with one attached hydrogen (secondary N) is 2. The van der Waals surface area contributed by atoms with E-state index in [1.807, 2.05) is 24.4 Å². The summed E-state index contributed by atoms with van der Waals surface area (Å²) in [5.74, 6) is 0.801. The topological polar surface area (TPSA) is 45.1 Å². The summed E-state index contributed by atoms with van der Waals surface area (Å²) in [4.78, 5) is 7.82. The van der Waals surface area contributed by atoms with Crippen LogP contribution in [0.5, 0.6) is 0 Å². The molecular formula is C12H12BrClN4. The summed E-state index contributed by atoms with van der Waals surface area (Å²) in [5, 5.41) is 3.80. The monoisotopic (exact) mass is 326 g/mol. The Morgan fingerprint density at radius 2 is 2.28 bits per heavy atom. The fourth-order valence-electron chi connectivity index (χ4n) is 2.17. The summed E-state index contributed by atoms with van der Waals surface area (Å²) in [6, 6.07) is 4.02. The van der Waals surface area contributed by atoms with Crippen LogP contribution in [0.3, 0.4) is 0 Å². The van der Waals surface area contributed by atoms with Crippen molar-refractivity contribution in [2.45, 2.75) is 13.5 Å². The maximum Gasteiger partial charge on any atom is 0.213 e. The zero-order valence-electron chi connectivity index (χ0n) is 10.0. The number of aromatic nitrogens is 3. The van der Waals surface area contributed by atoms with E-state index in [0.717, 1.165) is 39.2 Å². The van der Waals surface area contributed by atoms with E-state index in [0.29, 0.717) is 5.02 Å². The van der Waals surface area contributed by atoms with Gasteiger partial charge in [0.05, 0.1) is 16.2 Å². The molecule has 0 aliphatic heterocycles. The van der Waals surface area contributed by atoms with Crippen LogP contribution in [0.2, 0.25) is 5.02 Å². The smallest absolute Gasteiger partial charge is 0.213 e. The van der Waals surface area contributed by atoms with E-state index in [-0.39, 0.29) is 0 Å². The largest absolute Gasteiger partial charge is 0.325 e. The van der Waals surface area contributed by atoms with E-state index in [2.05, 4.69) is 37.3 Å². The first-order valence-corrected chi connectivity index (χ1v) is 6.78. The van der Waals surface area contributed by atoms with Gasteiger partial charge in [-0.2, -0.15) is 0 Å². The van der Waals surface area contributed by atoms with E-state index >= 15 is 0 Å². The lowest BCUT2D eigenvalue weighted by molar-refractivity contribution is 0.793. The Bertz CT molecular complexity index is 744. The SMILES string of the molecule is CNCc1[nH]c2nc3c(Cl)cc(C)cc3n2c1Br. The Morgan fingerprint density at radius 1 is 1.50 bits per heavy atom. The third-order valence-corrected chi connectivity index (χ3v) is 4.04. The first-order valence-electron chi connectivity index (χ1n) is 5.61. The number of H-pyrrole nitrogens is 1. The third-order valence-electron chi connectivity index (χ3n) is 2.92. The van der Waals surface area contributed by atoms with Gasteiger partial charge in [0.1, 0.15) is 10.1 Å². The molecule has 2 aromatic heterocycles. The minimum Gasteiger partial charge on any atom is -0.325 e. The summed E-state index contributed by atoms with van der Waals surface area (Å²) in [6.07, 6.45) is 0. The molecule has 0 saturated heterocycles. The molecule has 0 aliphatic carbocycles. The van der Waals surface area contributed by atoms with Crippen molar-refractivity contribution in [2.75, 3.05) is 7.05 Å². The van der Waals surface area contributed by atoms with E-state index in [1.165, 1.54) is 0 Å².